The lowest BCUT2D eigenvalue weighted by Crippen LogP contribution is -2.60. The van der Waals surface area contributed by atoms with Gasteiger partial charge in [0.15, 0.2) is 6.29 Å². The van der Waals surface area contributed by atoms with E-state index in [4.69, 9.17) is 9.47 Å². The number of rotatable bonds is 39. The van der Waals surface area contributed by atoms with Gasteiger partial charge in [-0.05, 0) is 77.0 Å². The van der Waals surface area contributed by atoms with E-state index >= 15 is 0 Å². The zero-order valence-corrected chi connectivity index (χ0v) is 37.2. The Bertz CT molecular complexity index is 1050. The number of allylic oxidation sites excluding steroid dienone is 6. The normalized spacial score (nSPS) is 22.1. The summed E-state index contributed by atoms with van der Waals surface area (Å²) in [5, 5.41) is 75.5. The molecule has 1 heterocycles. The van der Waals surface area contributed by atoms with Crippen LogP contribution in [0.1, 0.15) is 194 Å². The number of hydrogen-bond donors (Lipinski definition) is 8. The van der Waals surface area contributed by atoms with Crippen molar-refractivity contribution in [3.63, 3.8) is 0 Å². The van der Waals surface area contributed by atoms with E-state index in [2.05, 4.69) is 55.6 Å². The summed E-state index contributed by atoms with van der Waals surface area (Å²) in [4.78, 5) is 13.0. The first-order chi connectivity index (χ1) is 28.7. The molecule has 11 nitrogen and oxygen atoms in total. The van der Waals surface area contributed by atoms with Gasteiger partial charge in [-0.25, -0.2) is 0 Å². The predicted octanol–water partition coefficient (Wildman–Crippen LogP) is 8.00. The summed E-state index contributed by atoms with van der Waals surface area (Å²) in [6, 6.07) is -1.19. The monoisotopic (exact) mass is 840 g/mol. The zero-order chi connectivity index (χ0) is 43.4. The summed E-state index contributed by atoms with van der Waals surface area (Å²) in [6.45, 7) is 3.37. The SMILES string of the molecule is CCCCC/C=C\CCCCCCC(O)C(=O)NC(COC1OC(CO)C(O)C(O)C1O)C(O)C(O)CCC/C=C/CC/C=C/CCCCCCCCCCCCCC. The van der Waals surface area contributed by atoms with Gasteiger partial charge in [0.1, 0.15) is 36.6 Å². The maximum Gasteiger partial charge on any atom is 0.249 e. The van der Waals surface area contributed by atoms with Crippen LogP contribution in [-0.2, 0) is 14.3 Å². The molecule has 1 saturated heterocycles. The van der Waals surface area contributed by atoms with E-state index in [-0.39, 0.29) is 12.8 Å². The van der Waals surface area contributed by atoms with Crippen LogP contribution in [0.2, 0.25) is 0 Å². The third kappa shape index (κ3) is 27.8. The highest BCUT2D eigenvalue weighted by Gasteiger charge is 2.44. The standard InChI is InChI=1S/C48H89NO10/c1-3-5-7-9-11-13-15-16-17-18-19-20-21-22-23-24-26-27-29-31-33-35-40(51)43(53)39(38-58-48-46(56)45(55)44(54)42(37-50)59-48)49-47(57)41(52)36-34-32-30-28-25-14-12-10-8-6-4-2/h12,14,22-23,27,29,39-46,48,50-56H,3-11,13,15-21,24-26,28,30-38H2,1-2H3,(H,49,57)/b14-12-,23-22+,29-27+. The molecule has 1 aliphatic heterocycles. The molecule has 0 aliphatic carbocycles. The molecule has 1 amide bonds. The van der Waals surface area contributed by atoms with E-state index in [9.17, 15) is 40.5 Å². The molecule has 1 aliphatic rings. The summed E-state index contributed by atoms with van der Waals surface area (Å²) < 4.78 is 11.1. The molecule has 0 aromatic carbocycles. The third-order valence-corrected chi connectivity index (χ3v) is 11.4. The number of hydrogen-bond acceptors (Lipinski definition) is 10. The lowest BCUT2D eigenvalue weighted by molar-refractivity contribution is -0.303. The van der Waals surface area contributed by atoms with Crippen molar-refractivity contribution in [2.45, 2.75) is 249 Å². The molecule has 0 bridgehead atoms. The quantitative estimate of drug-likeness (QED) is 0.0223. The second kappa shape index (κ2) is 38.0. The van der Waals surface area contributed by atoms with Gasteiger partial charge in [0.2, 0.25) is 5.91 Å². The van der Waals surface area contributed by atoms with E-state index in [1.165, 1.54) is 96.3 Å². The van der Waals surface area contributed by atoms with E-state index in [0.717, 1.165) is 51.4 Å². The number of ether oxygens (including phenoxy) is 2. The lowest BCUT2D eigenvalue weighted by Gasteiger charge is -2.40. The van der Waals surface area contributed by atoms with Crippen LogP contribution in [0.15, 0.2) is 36.5 Å². The van der Waals surface area contributed by atoms with Gasteiger partial charge in [0.25, 0.3) is 0 Å². The molecular weight excluding hydrogens is 751 g/mol. The molecule has 8 N–H and O–H groups in total. The molecular formula is C48H89NO10. The maximum absolute atomic E-state index is 13.0. The number of aliphatic hydroxyl groups is 7. The van der Waals surface area contributed by atoms with Gasteiger partial charge in [-0.15, -0.1) is 0 Å². The Morgan fingerprint density at radius 2 is 1.02 bits per heavy atom. The van der Waals surface area contributed by atoms with Crippen molar-refractivity contribution >= 4 is 5.91 Å². The van der Waals surface area contributed by atoms with Gasteiger partial charge >= 0.3 is 0 Å². The van der Waals surface area contributed by atoms with Gasteiger partial charge in [-0.1, -0.05) is 153 Å². The van der Waals surface area contributed by atoms with Crippen molar-refractivity contribution in [3.05, 3.63) is 36.5 Å². The van der Waals surface area contributed by atoms with Crippen molar-refractivity contribution < 1.29 is 50.0 Å². The summed E-state index contributed by atoms with van der Waals surface area (Å²) in [5.74, 6) is -0.722. The fraction of sp³-hybridized carbons (Fsp3) is 0.854. The Balaban J connectivity index is 2.45. The molecule has 1 rings (SSSR count). The van der Waals surface area contributed by atoms with Crippen molar-refractivity contribution in [3.8, 4) is 0 Å². The summed E-state index contributed by atoms with van der Waals surface area (Å²) >= 11 is 0. The summed E-state index contributed by atoms with van der Waals surface area (Å²) in [5.41, 5.74) is 0. The molecule has 0 radical (unpaired) electrons. The number of carbonyl (C=O) groups excluding carboxylic acids is 1. The van der Waals surface area contributed by atoms with Gasteiger partial charge in [0, 0.05) is 0 Å². The van der Waals surface area contributed by atoms with Crippen LogP contribution in [0.5, 0.6) is 0 Å². The van der Waals surface area contributed by atoms with Gasteiger partial charge in [-0.3, -0.25) is 4.79 Å². The van der Waals surface area contributed by atoms with E-state index in [1.54, 1.807) is 0 Å². The minimum absolute atomic E-state index is 0.235. The topological polar surface area (TPSA) is 189 Å². The highest BCUT2D eigenvalue weighted by atomic mass is 16.7. The average molecular weight is 840 g/mol. The van der Waals surface area contributed by atoms with Gasteiger partial charge in [0.05, 0.1) is 25.4 Å². The summed E-state index contributed by atoms with van der Waals surface area (Å²) in [6.07, 6.45) is 32.1. The van der Waals surface area contributed by atoms with Gasteiger partial charge in [-0.2, -0.15) is 0 Å². The average Bonchev–Trinajstić information content (AvgIpc) is 3.23. The lowest BCUT2D eigenvalue weighted by atomic mass is 9.98. The van der Waals surface area contributed by atoms with Gasteiger partial charge < -0.3 is 50.5 Å². The van der Waals surface area contributed by atoms with Crippen molar-refractivity contribution in [1.82, 2.24) is 5.32 Å². The van der Waals surface area contributed by atoms with Crippen LogP contribution in [0.3, 0.4) is 0 Å². The Morgan fingerprint density at radius 1 is 0.576 bits per heavy atom. The Kier molecular flexibility index (Phi) is 35.7. The van der Waals surface area contributed by atoms with E-state index in [0.29, 0.717) is 19.3 Å². The molecule has 1 fully saturated rings. The molecule has 0 spiro atoms. The van der Waals surface area contributed by atoms with Crippen LogP contribution >= 0.6 is 0 Å². The molecule has 0 aromatic heterocycles. The van der Waals surface area contributed by atoms with Crippen LogP contribution in [0, 0.1) is 0 Å². The zero-order valence-electron chi connectivity index (χ0n) is 37.2. The third-order valence-electron chi connectivity index (χ3n) is 11.4. The molecule has 0 saturated carbocycles. The molecule has 0 aromatic rings. The minimum Gasteiger partial charge on any atom is -0.394 e. The number of amides is 1. The predicted molar refractivity (Wildman–Crippen MR) is 238 cm³/mol. The summed E-state index contributed by atoms with van der Waals surface area (Å²) in [7, 11) is 0. The van der Waals surface area contributed by atoms with Crippen LogP contribution in [-0.4, -0.2) is 110 Å². The van der Waals surface area contributed by atoms with Crippen molar-refractivity contribution in [2.24, 2.45) is 0 Å². The fourth-order valence-corrected chi connectivity index (χ4v) is 7.39. The Hall–Kier alpha value is -1.67. The van der Waals surface area contributed by atoms with Crippen molar-refractivity contribution in [2.75, 3.05) is 13.2 Å². The highest BCUT2D eigenvalue weighted by molar-refractivity contribution is 5.80. The first kappa shape index (κ1) is 55.3. The molecule has 11 heteroatoms. The number of carbonyl (C=O) groups is 1. The van der Waals surface area contributed by atoms with E-state index in [1.807, 2.05) is 0 Å². The Morgan fingerprint density at radius 3 is 1.54 bits per heavy atom. The first-order valence-corrected chi connectivity index (χ1v) is 23.9. The Labute approximate surface area is 358 Å². The molecule has 346 valence electrons. The van der Waals surface area contributed by atoms with Crippen LogP contribution in [0.4, 0.5) is 0 Å². The fourth-order valence-electron chi connectivity index (χ4n) is 7.39. The highest BCUT2D eigenvalue weighted by Crippen LogP contribution is 2.23. The number of aliphatic hydroxyl groups excluding tert-OH is 7. The van der Waals surface area contributed by atoms with Crippen molar-refractivity contribution in [1.29, 1.82) is 0 Å². The smallest absolute Gasteiger partial charge is 0.249 e. The number of nitrogens with one attached hydrogen (secondary N) is 1. The number of unbranched alkanes of at least 4 members (excludes halogenated alkanes) is 21. The second-order valence-electron chi connectivity index (χ2n) is 16.8. The first-order valence-electron chi connectivity index (χ1n) is 23.9. The second-order valence-corrected chi connectivity index (χ2v) is 16.8. The van der Waals surface area contributed by atoms with E-state index < -0.39 is 74.2 Å². The molecule has 9 atom stereocenters. The van der Waals surface area contributed by atoms with Crippen LogP contribution in [0.25, 0.3) is 0 Å². The molecule has 9 unspecified atom stereocenters. The maximum atomic E-state index is 13.0. The minimum atomic E-state index is -1.67. The van der Waals surface area contributed by atoms with Crippen LogP contribution < -0.4 is 5.32 Å². The largest absolute Gasteiger partial charge is 0.394 e. The molecule has 59 heavy (non-hydrogen) atoms.